The van der Waals surface area contributed by atoms with E-state index in [1.807, 2.05) is 13.0 Å². The van der Waals surface area contributed by atoms with E-state index < -0.39 is 18.2 Å². The molecule has 0 bridgehead atoms. The van der Waals surface area contributed by atoms with E-state index >= 15 is 0 Å². The monoisotopic (exact) mass is 424 g/mol. The second-order valence-corrected chi connectivity index (χ2v) is 6.87. The van der Waals surface area contributed by atoms with E-state index in [2.05, 4.69) is 5.32 Å². The second kappa shape index (κ2) is 11.3. The molecule has 0 aliphatic heterocycles. The van der Waals surface area contributed by atoms with Gasteiger partial charge in [0.25, 0.3) is 0 Å². The van der Waals surface area contributed by atoms with Crippen molar-refractivity contribution in [3.05, 3.63) is 65.7 Å². The smallest absolute Gasteiger partial charge is 0.412 e. The minimum absolute atomic E-state index is 0.0842. The molecule has 0 saturated carbocycles. The van der Waals surface area contributed by atoms with Crippen LogP contribution in [0.5, 0.6) is 11.5 Å². The molecule has 2 aromatic carbocycles. The first-order chi connectivity index (χ1) is 14.8. The summed E-state index contributed by atoms with van der Waals surface area (Å²) in [6.45, 7) is 1.87. The maximum absolute atomic E-state index is 12.5. The molecule has 0 aliphatic rings. The molecule has 2 rings (SSSR count). The van der Waals surface area contributed by atoms with Crippen molar-refractivity contribution in [1.29, 1.82) is 5.26 Å². The minimum atomic E-state index is -1.03. The topological polar surface area (TPSA) is 129 Å². The van der Waals surface area contributed by atoms with E-state index in [0.717, 1.165) is 6.08 Å². The van der Waals surface area contributed by atoms with Crippen LogP contribution in [0.25, 0.3) is 0 Å². The first-order valence-electron chi connectivity index (χ1n) is 9.58. The zero-order valence-corrected chi connectivity index (χ0v) is 17.2. The predicted octanol–water partition coefficient (Wildman–Crippen LogP) is 4.62. The predicted molar refractivity (Wildman–Crippen MR) is 114 cm³/mol. The Balaban J connectivity index is 2.17. The van der Waals surface area contributed by atoms with E-state index in [-0.39, 0.29) is 11.7 Å². The molecule has 8 heteroatoms. The van der Waals surface area contributed by atoms with Gasteiger partial charge in [0, 0.05) is 11.8 Å². The molecule has 0 spiro atoms. The van der Waals surface area contributed by atoms with Gasteiger partial charge in [0.2, 0.25) is 0 Å². The number of aromatic hydroxyl groups is 1. The highest BCUT2D eigenvalue weighted by atomic mass is 16.6. The van der Waals surface area contributed by atoms with Crippen LogP contribution in [0.2, 0.25) is 0 Å². The number of nitriles is 1. The van der Waals surface area contributed by atoms with Crippen molar-refractivity contribution in [3.8, 4) is 17.6 Å². The van der Waals surface area contributed by atoms with Crippen LogP contribution in [-0.2, 0) is 9.53 Å². The number of amides is 1. The summed E-state index contributed by atoms with van der Waals surface area (Å²) in [7, 11) is 1.44. The average molecular weight is 424 g/mol. The number of hydrogen-bond donors (Lipinski definition) is 3. The number of phenolic OH excluding ortho intramolecular Hbond substituents is 1. The summed E-state index contributed by atoms with van der Waals surface area (Å²) in [5, 5.41) is 30.3. The average Bonchev–Trinajstić information content (AvgIpc) is 2.75. The third-order valence-corrected chi connectivity index (χ3v) is 4.59. The van der Waals surface area contributed by atoms with Gasteiger partial charge in [0.1, 0.15) is 6.10 Å². The van der Waals surface area contributed by atoms with Gasteiger partial charge in [-0.2, -0.15) is 5.26 Å². The van der Waals surface area contributed by atoms with Crippen LogP contribution in [0.1, 0.15) is 37.0 Å². The van der Waals surface area contributed by atoms with Crippen LogP contribution in [0, 0.1) is 17.2 Å². The first kappa shape index (κ1) is 23.3. The van der Waals surface area contributed by atoms with E-state index in [1.54, 1.807) is 36.4 Å². The molecule has 0 heterocycles. The number of carboxylic acid groups (broad SMARTS) is 1. The lowest BCUT2D eigenvalue weighted by Gasteiger charge is -2.25. The quantitative estimate of drug-likeness (QED) is 0.501. The number of aliphatic carboxylic acids is 1. The molecule has 8 nitrogen and oxygen atoms in total. The number of nitrogens with zero attached hydrogens (tertiary/aromatic N) is 1. The largest absolute Gasteiger partial charge is 0.504 e. The number of nitrogens with one attached hydrogen (secondary N) is 1. The number of hydrogen-bond acceptors (Lipinski definition) is 6. The van der Waals surface area contributed by atoms with Crippen LogP contribution < -0.4 is 10.1 Å². The molecule has 0 saturated heterocycles. The summed E-state index contributed by atoms with van der Waals surface area (Å²) in [6, 6.07) is 13.1. The molecule has 2 atom stereocenters. The first-order valence-corrected chi connectivity index (χ1v) is 9.58. The zero-order chi connectivity index (χ0) is 22.8. The number of rotatable bonds is 9. The number of ether oxygens (including phenoxy) is 2. The number of carboxylic acids is 1. The molecule has 2 aromatic rings. The van der Waals surface area contributed by atoms with E-state index in [1.165, 1.54) is 19.3 Å². The van der Waals surface area contributed by atoms with E-state index in [4.69, 9.17) is 19.8 Å². The fourth-order valence-electron chi connectivity index (χ4n) is 2.98. The Morgan fingerprint density at radius 1 is 1.23 bits per heavy atom. The Hall–Kier alpha value is -3.99. The number of carbonyl (C=O) groups is 2. The summed E-state index contributed by atoms with van der Waals surface area (Å²) in [5.74, 6) is -0.999. The van der Waals surface area contributed by atoms with Gasteiger partial charge in [-0.05, 0) is 60.7 Å². The molecule has 0 aliphatic carbocycles. The minimum Gasteiger partial charge on any atom is -0.504 e. The lowest BCUT2D eigenvalue weighted by atomic mass is 9.92. The zero-order valence-electron chi connectivity index (χ0n) is 17.2. The molecule has 0 aromatic heterocycles. The molecule has 31 heavy (non-hydrogen) atoms. The number of anilines is 1. The van der Waals surface area contributed by atoms with Crippen molar-refractivity contribution >= 4 is 17.7 Å². The maximum Gasteiger partial charge on any atom is 0.412 e. The van der Waals surface area contributed by atoms with Gasteiger partial charge in [-0.15, -0.1) is 0 Å². The molecular weight excluding hydrogens is 400 g/mol. The van der Waals surface area contributed by atoms with Crippen LogP contribution >= 0.6 is 0 Å². The Bertz CT molecular complexity index is 979. The Kier molecular flexibility index (Phi) is 8.46. The van der Waals surface area contributed by atoms with E-state index in [0.29, 0.717) is 35.4 Å². The lowest BCUT2D eigenvalue weighted by Crippen LogP contribution is -2.22. The van der Waals surface area contributed by atoms with Crippen molar-refractivity contribution in [3.63, 3.8) is 0 Å². The Morgan fingerprint density at radius 3 is 2.52 bits per heavy atom. The summed E-state index contributed by atoms with van der Waals surface area (Å²) in [6.07, 6.45) is 2.24. The Labute approximate surface area is 180 Å². The highest BCUT2D eigenvalue weighted by Crippen LogP contribution is 2.35. The third-order valence-electron chi connectivity index (χ3n) is 4.59. The third kappa shape index (κ3) is 7.08. The highest BCUT2D eigenvalue weighted by molar-refractivity contribution is 5.84. The van der Waals surface area contributed by atoms with Crippen molar-refractivity contribution in [2.75, 3.05) is 12.4 Å². The molecular formula is C23H24N2O6. The van der Waals surface area contributed by atoms with Gasteiger partial charge in [0.05, 0.1) is 18.7 Å². The van der Waals surface area contributed by atoms with Crippen molar-refractivity contribution in [1.82, 2.24) is 0 Å². The number of benzene rings is 2. The van der Waals surface area contributed by atoms with Crippen LogP contribution in [0.15, 0.2) is 54.6 Å². The van der Waals surface area contributed by atoms with Gasteiger partial charge in [-0.25, -0.2) is 9.59 Å². The molecule has 162 valence electrons. The SMILES string of the molecule is COc1ccc([C@H](OC(=O)Nc2ccc(C#N)cc2)[C@H](C)CC/C=C/C(=O)O)cc1O. The highest BCUT2D eigenvalue weighted by Gasteiger charge is 2.24. The van der Waals surface area contributed by atoms with Gasteiger partial charge in [0.15, 0.2) is 11.5 Å². The molecule has 0 radical (unpaired) electrons. The molecule has 3 N–H and O–H groups in total. The van der Waals surface area contributed by atoms with Crippen LogP contribution in [0.3, 0.4) is 0 Å². The fraction of sp³-hybridized carbons (Fsp3) is 0.261. The summed E-state index contributed by atoms with van der Waals surface area (Å²) < 4.78 is 10.7. The number of carbonyl (C=O) groups excluding carboxylic acids is 1. The van der Waals surface area contributed by atoms with Crippen molar-refractivity contribution < 1.29 is 29.3 Å². The number of methoxy groups -OCH3 is 1. The number of allylic oxidation sites excluding steroid dienone is 1. The maximum atomic E-state index is 12.5. The van der Waals surface area contributed by atoms with Crippen molar-refractivity contribution in [2.24, 2.45) is 5.92 Å². The summed E-state index contributed by atoms with van der Waals surface area (Å²) in [5.41, 5.74) is 1.51. The van der Waals surface area contributed by atoms with E-state index in [9.17, 15) is 14.7 Å². The van der Waals surface area contributed by atoms with Gasteiger partial charge in [-0.3, -0.25) is 5.32 Å². The van der Waals surface area contributed by atoms with Crippen LogP contribution in [-0.4, -0.2) is 29.4 Å². The van der Waals surface area contributed by atoms with Gasteiger partial charge >= 0.3 is 12.1 Å². The number of phenols is 1. The fourth-order valence-corrected chi connectivity index (χ4v) is 2.98. The molecule has 1 amide bonds. The normalized spacial score (nSPS) is 12.5. The standard InChI is InChI=1S/C23H24N2O6/c1-15(5-3-4-6-21(27)28)22(17-9-12-20(30-2)19(26)13-17)31-23(29)25-18-10-7-16(14-24)8-11-18/h4,6-13,15,22,26H,3,5H2,1-2H3,(H,25,29)(H,27,28)/b6-4+/t15-,22-/m1/s1. The summed E-state index contributed by atoms with van der Waals surface area (Å²) >= 11 is 0. The molecule has 0 fully saturated rings. The Morgan fingerprint density at radius 2 is 1.94 bits per heavy atom. The summed E-state index contributed by atoms with van der Waals surface area (Å²) in [4.78, 5) is 23.1. The van der Waals surface area contributed by atoms with Crippen molar-refractivity contribution in [2.45, 2.75) is 25.9 Å². The van der Waals surface area contributed by atoms with Gasteiger partial charge < -0.3 is 19.7 Å². The molecule has 0 unspecified atom stereocenters. The second-order valence-electron chi connectivity index (χ2n) is 6.87. The van der Waals surface area contributed by atoms with Gasteiger partial charge in [-0.1, -0.05) is 19.1 Å². The van der Waals surface area contributed by atoms with Crippen LogP contribution in [0.4, 0.5) is 10.5 Å². The lowest BCUT2D eigenvalue weighted by molar-refractivity contribution is -0.131.